The number of nitrogens with one attached hydrogen (secondary N) is 1. The highest BCUT2D eigenvalue weighted by Crippen LogP contribution is 2.39. The Labute approximate surface area is 164 Å². The minimum atomic E-state index is -0.154. The van der Waals surface area contributed by atoms with Gasteiger partial charge in [0.05, 0.1) is 27.7 Å². The number of fused-ring (bicyclic) bond motifs is 2. The Morgan fingerprint density at radius 2 is 1.96 bits per heavy atom. The van der Waals surface area contributed by atoms with Crippen molar-refractivity contribution in [3.05, 3.63) is 75.9 Å². The number of amides is 1. The molecule has 4 aromatic rings. The van der Waals surface area contributed by atoms with Gasteiger partial charge in [0.2, 0.25) is 0 Å². The summed E-state index contributed by atoms with van der Waals surface area (Å²) in [7, 11) is 0. The average Bonchev–Trinajstić information content (AvgIpc) is 3.28. The van der Waals surface area contributed by atoms with E-state index in [-0.39, 0.29) is 5.91 Å². The van der Waals surface area contributed by atoms with Gasteiger partial charge in [-0.05, 0) is 25.1 Å². The van der Waals surface area contributed by atoms with E-state index in [2.05, 4.69) is 5.32 Å². The molecular formula is C21H14ClN3OS. The van der Waals surface area contributed by atoms with Crippen molar-refractivity contribution in [1.82, 2.24) is 9.38 Å². The number of rotatable bonds is 2. The Morgan fingerprint density at radius 3 is 2.78 bits per heavy atom. The molecule has 2 aromatic heterocycles. The minimum Gasteiger partial charge on any atom is -0.321 e. The molecule has 132 valence electrons. The summed E-state index contributed by atoms with van der Waals surface area (Å²) in [6, 6.07) is 15.5. The van der Waals surface area contributed by atoms with E-state index in [1.165, 1.54) is 0 Å². The molecule has 1 N–H and O–H groups in total. The summed E-state index contributed by atoms with van der Waals surface area (Å²) in [6.07, 6.45) is 3.94. The molecule has 3 heterocycles. The maximum atomic E-state index is 12.6. The summed E-state index contributed by atoms with van der Waals surface area (Å²) < 4.78 is 2.04. The van der Waals surface area contributed by atoms with Crippen molar-refractivity contribution in [2.75, 3.05) is 5.32 Å². The molecule has 0 unspecified atom stereocenters. The number of benzene rings is 2. The minimum absolute atomic E-state index is 0.154. The van der Waals surface area contributed by atoms with Gasteiger partial charge in [-0.15, -0.1) is 11.3 Å². The number of imidazole rings is 1. The highest BCUT2D eigenvalue weighted by atomic mass is 35.5. The number of carbonyl (C=O) groups excluding carboxylic acids is 1. The quantitative estimate of drug-likeness (QED) is 0.457. The topological polar surface area (TPSA) is 46.4 Å². The third kappa shape index (κ3) is 2.59. The van der Waals surface area contributed by atoms with E-state index in [4.69, 9.17) is 16.6 Å². The molecular weight excluding hydrogens is 378 g/mol. The average molecular weight is 392 g/mol. The first kappa shape index (κ1) is 16.3. The van der Waals surface area contributed by atoms with E-state index in [1.807, 2.05) is 66.1 Å². The first-order chi connectivity index (χ1) is 13.1. The molecule has 0 saturated carbocycles. The molecule has 0 fully saturated rings. The molecule has 27 heavy (non-hydrogen) atoms. The van der Waals surface area contributed by atoms with Gasteiger partial charge < -0.3 is 5.32 Å². The standard InChI is InChI=1S/C21H14ClN3OS/c1-12-11-25-17(19(24-21(25)27-12)13-6-3-2-4-7-13)10-14-18-15(22)8-5-9-16(18)23-20(14)26/h2-11H,1H3,(H,23,26)/b14-10+. The van der Waals surface area contributed by atoms with Crippen molar-refractivity contribution in [2.45, 2.75) is 6.92 Å². The van der Waals surface area contributed by atoms with Gasteiger partial charge in [0.15, 0.2) is 4.96 Å². The van der Waals surface area contributed by atoms with Gasteiger partial charge in [-0.1, -0.05) is 48.0 Å². The lowest BCUT2D eigenvalue weighted by Gasteiger charge is -2.03. The number of aromatic nitrogens is 2. The first-order valence-electron chi connectivity index (χ1n) is 8.47. The lowest BCUT2D eigenvalue weighted by atomic mass is 10.0. The Bertz CT molecular complexity index is 1240. The molecule has 0 radical (unpaired) electrons. The highest BCUT2D eigenvalue weighted by Gasteiger charge is 2.27. The van der Waals surface area contributed by atoms with E-state index in [0.717, 1.165) is 38.0 Å². The fourth-order valence-corrected chi connectivity index (χ4v) is 4.51. The van der Waals surface area contributed by atoms with Crippen LogP contribution in [0.3, 0.4) is 0 Å². The van der Waals surface area contributed by atoms with E-state index < -0.39 is 0 Å². The summed E-state index contributed by atoms with van der Waals surface area (Å²) in [5, 5.41) is 3.45. The van der Waals surface area contributed by atoms with Crippen LogP contribution in [0.1, 0.15) is 16.1 Å². The van der Waals surface area contributed by atoms with E-state index >= 15 is 0 Å². The van der Waals surface area contributed by atoms with Gasteiger partial charge in [-0.3, -0.25) is 9.20 Å². The number of hydrogen-bond acceptors (Lipinski definition) is 3. The second-order valence-electron chi connectivity index (χ2n) is 6.38. The molecule has 4 nitrogen and oxygen atoms in total. The van der Waals surface area contributed by atoms with Crippen LogP contribution in [0.4, 0.5) is 5.69 Å². The van der Waals surface area contributed by atoms with E-state index in [0.29, 0.717) is 10.6 Å². The van der Waals surface area contributed by atoms with Crippen molar-refractivity contribution in [2.24, 2.45) is 0 Å². The lowest BCUT2D eigenvalue weighted by Crippen LogP contribution is -2.04. The number of hydrogen-bond donors (Lipinski definition) is 1. The predicted molar refractivity (Wildman–Crippen MR) is 111 cm³/mol. The largest absolute Gasteiger partial charge is 0.321 e. The number of thiazole rings is 1. The Morgan fingerprint density at radius 1 is 1.15 bits per heavy atom. The molecule has 0 aliphatic carbocycles. The molecule has 1 aliphatic heterocycles. The number of nitrogens with zero attached hydrogens (tertiary/aromatic N) is 2. The normalized spacial score (nSPS) is 14.7. The highest BCUT2D eigenvalue weighted by molar-refractivity contribution is 7.17. The van der Waals surface area contributed by atoms with Crippen molar-refractivity contribution in [3.8, 4) is 11.3 Å². The van der Waals surface area contributed by atoms with Crippen molar-refractivity contribution >= 4 is 51.1 Å². The van der Waals surface area contributed by atoms with Gasteiger partial charge in [0.1, 0.15) is 0 Å². The second kappa shape index (κ2) is 6.08. The second-order valence-corrected chi connectivity index (χ2v) is 8.00. The molecule has 6 heteroatoms. The first-order valence-corrected chi connectivity index (χ1v) is 9.67. The fourth-order valence-electron chi connectivity index (χ4n) is 3.40. The summed E-state index contributed by atoms with van der Waals surface area (Å²) in [4.78, 5) is 19.5. The van der Waals surface area contributed by atoms with Crippen LogP contribution in [0.15, 0.2) is 54.7 Å². The third-order valence-electron chi connectivity index (χ3n) is 4.58. The van der Waals surface area contributed by atoms with Crippen molar-refractivity contribution in [3.63, 3.8) is 0 Å². The maximum Gasteiger partial charge on any atom is 0.256 e. The molecule has 5 rings (SSSR count). The molecule has 0 saturated heterocycles. The molecule has 0 bridgehead atoms. The Balaban J connectivity index is 1.79. The van der Waals surface area contributed by atoms with Gasteiger partial charge in [-0.25, -0.2) is 4.98 Å². The van der Waals surface area contributed by atoms with Gasteiger partial charge in [-0.2, -0.15) is 0 Å². The van der Waals surface area contributed by atoms with Crippen LogP contribution in [0.25, 0.3) is 27.9 Å². The monoisotopic (exact) mass is 391 g/mol. The lowest BCUT2D eigenvalue weighted by molar-refractivity contribution is -0.110. The maximum absolute atomic E-state index is 12.6. The number of carbonyl (C=O) groups is 1. The third-order valence-corrected chi connectivity index (χ3v) is 5.80. The van der Waals surface area contributed by atoms with Crippen molar-refractivity contribution < 1.29 is 4.79 Å². The Kier molecular flexibility index (Phi) is 3.67. The molecule has 1 aliphatic rings. The SMILES string of the molecule is Cc1cn2c(/C=C3/C(=O)Nc4cccc(Cl)c43)c(-c3ccccc3)nc2s1. The molecule has 0 atom stereocenters. The summed E-state index contributed by atoms with van der Waals surface area (Å²) >= 11 is 8.02. The molecule has 0 spiro atoms. The van der Waals surface area contributed by atoms with E-state index in [9.17, 15) is 4.79 Å². The van der Waals surface area contributed by atoms with Crippen molar-refractivity contribution in [1.29, 1.82) is 0 Å². The van der Waals surface area contributed by atoms with Crippen LogP contribution in [0.2, 0.25) is 5.02 Å². The Hall–Kier alpha value is -2.89. The summed E-state index contributed by atoms with van der Waals surface area (Å²) in [5.41, 5.74) is 4.77. The van der Waals surface area contributed by atoms with Crippen LogP contribution in [-0.2, 0) is 4.79 Å². The smallest absolute Gasteiger partial charge is 0.256 e. The number of aryl methyl sites for hydroxylation is 1. The predicted octanol–water partition coefficient (Wildman–Crippen LogP) is 5.52. The zero-order valence-corrected chi connectivity index (χ0v) is 15.9. The molecule has 2 aromatic carbocycles. The summed E-state index contributed by atoms with van der Waals surface area (Å²) in [6.45, 7) is 2.05. The number of halogens is 1. The fraction of sp³-hybridized carbons (Fsp3) is 0.0476. The van der Waals surface area contributed by atoms with Crippen LogP contribution < -0.4 is 5.32 Å². The van der Waals surface area contributed by atoms with Gasteiger partial charge in [0, 0.05) is 22.2 Å². The molecule has 1 amide bonds. The summed E-state index contributed by atoms with van der Waals surface area (Å²) in [5.74, 6) is -0.154. The van der Waals surface area contributed by atoms with Gasteiger partial charge in [0.25, 0.3) is 5.91 Å². The van der Waals surface area contributed by atoms with Crippen LogP contribution in [0.5, 0.6) is 0 Å². The van der Waals surface area contributed by atoms with Crippen LogP contribution in [0, 0.1) is 6.92 Å². The zero-order chi connectivity index (χ0) is 18.5. The van der Waals surface area contributed by atoms with Crippen LogP contribution in [-0.4, -0.2) is 15.3 Å². The number of anilines is 1. The van der Waals surface area contributed by atoms with Gasteiger partial charge >= 0.3 is 0 Å². The zero-order valence-electron chi connectivity index (χ0n) is 14.4. The van der Waals surface area contributed by atoms with Crippen LogP contribution >= 0.6 is 22.9 Å². The van der Waals surface area contributed by atoms with E-state index in [1.54, 1.807) is 17.4 Å².